The lowest BCUT2D eigenvalue weighted by atomic mass is 10.2. The molecule has 1 atom stereocenters. The number of carbonyl (C=O) groups excluding carboxylic acids is 2. The monoisotopic (exact) mass is 345 g/mol. The molecular weight excluding hydrogens is 325 g/mol. The summed E-state index contributed by atoms with van der Waals surface area (Å²) in [6.45, 7) is 0.489. The first-order valence-corrected chi connectivity index (χ1v) is 8.05. The smallest absolute Gasteiger partial charge is 0.322 e. The fourth-order valence-corrected chi connectivity index (χ4v) is 2.97. The Morgan fingerprint density at radius 3 is 2.84 bits per heavy atom. The number of urea groups is 1. The van der Waals surface area contributed by atoms with Gasteiger partial charge in [0.2, 0.25) is 5.91 Å². The van der Waals surface area contributed by atoms with Crippen LogP contribution in [0.3, 0.4) is 0 Å². The summed E-state index contributed by atoms with van der Waals surface area (Å²) in [4.78, 5) is 27.9. The molecule has 1 saturated heterocycles. The van der Waals surface area contributed by atoms with Crippen molar-refractivity contribution >= 4 is 17.6 Å². The molecule has 1 aromatic heterocycles. The number of rotatable bonds is 3. The summed E-state index contributed by atoms with van der Waals surface area (Å²) in [5.74, 6) is -0.576. The molecule has 2 aromatic rings. The molecule has 1 aliphatic heterocycles. The number of anilines is 1. The van der Waals surface area contributed by atoms with Gasteiger partial charge < -0.3 is 15.1 Å². The molecule has 1 aliphatic rings. The Kier molecular flexibility index (Phi) is 4.69. The maximum Gasteiger partial charge on any atom is 0.322 e. The number of likely N-dealkylation sites (N-methyl/N-ethyl adjacent to an activating group) is 1. The van der Waals surface area contributed by atoms with Crippen LogP contribution in [0.5, 0.6) is 0 Å². The van der Waals surface area contributed by atoms with E-state index in [4.69, 9.17) is 0 Å². The predicted molar refractivity (Wildman–Crippen MR) is 91.0 cm³/mol. The first-order chi connectivity index (χ1) is 12.0. The van der Waals surface area contributed by atoms with Crippen molar-refractivity contribution in [3.05, 3.63) is 42.5 Å². The minimum Gasteiger partial charge on any atom is -0.347 e. The minimum absolute atomic E-state index is 0.112. The maximum atomic E-state index is 13.7. The SMILES string of the molecule is CN(C)C(=O)C1CCCN1C(=O)Nc1cc(F)ccc1-n1cccn1. The third-order valence-electron chi connectivity index (χ3n) is 4.19. The number of aromatic nitrogens is 2. The van der Waals surface area contributed by atoms with Gasteiger partial charge in [0.25, 0.3) is 0 Å². The molecule has 1 unspecified atom stereocenters. The third kappa shape index (κ3) is 3.47. The van der Waals surface area contributed by atoms with Gasteiger partial charge in [-0.3, -0.25) is 4.79 Å². The normalized spacial score (nSPS) is 16.8. The van der Waals surface area contributed by atoms with Crippen LogP contribution in [0.15, 0.2) is 36.7 Å². The lowest BCUT2D eigenvalue weighted by Crippen LogP contribution is -2.47. The molecule has 8 heteroatoms. The molecule has 2 heterocycles. The van der Waals surface area contributed by atoms with Crippen LogP contribution in [-0.2, 0) is 4.79 Å². The van der Waals surface area contributed by atoms with E-state index in [0.29, 0.717) is 24.3 Å². The zero-order chi connectivity index (χ0) is 18.0. The van der Waals surface area contributed by atoms with E-state index in [1.165, 1.54) is 21.9 Å². The Morgan fingerprint density at radius 2 is 2.16 bits per heavy atom. The zero-order valence-corrected chi connectivity index (χ0v) is 14.1. The number of halogens is 1. The highest BCUT2D eigenvalue weighted by Gasteiger charge is 2.35. The number of hydrogen-bond acceptors (Lipinski definition) is 3. The highest BCUT2D eigenvalue weighted by Crippen LogP contribution is 2.24. The Balaban J connectivity index is 1.84. The Hall–Kier alpha value is -2.90. The molecule has 1 aromatic carbocycles. The second kappa shape index (κ2) is 6.92. The fraction of sp³-hybridized carbons (Fsp3) is 0.353. The van der Waals surface area contributed by atoms with E-state index in [-0.39, 0.29) is 5.91 Å². The van der Waals surface area contributed by atoms with Crippen molar-refractivity contribution in [1.82, 2.24) is 19.6 Å². The molecule has 0 aliphatic carbocycles. The van der Waals surface area contributed by atoms with Gasteiger partial charge in [0.05, 0.1) is 11.4 Å². The average molecular weight is 345 g/mol. The molecule has 0 saturated carbocycles. The van der Waals surface area contributed by atoms with Crippen LogP contribution in [0.4, 0.5) is 14.9 Å². The summed E-state index contributed by atoms with van der Waals surface area (Å²) in [5, 5.41) is 6.84. The summed E-state index contributed by atoms with van der Waals surface area (Å²) < 4.78 is 15.2. The first-order valence-electron chi connectivity index (χ1n) is 8.05. The number of nitrogens with one attached hydrogen (secondary N) is 1. The van der Waals surface area contributed by atoms with Crippen molar-refractivity contribution in [1.29, 1.82) is 0 Å². The van der Waals surface area contributed by atoms with E-state index in [9.17, 15) is 14.0 Å². The number of amides is 3. The lowest BCUT2D eigenvalue weighted by Gasteiger charge is -2.26. The largest absolute Gasteiger partial charge is 0.347 e. The molecule has 3 amide bonds. The molecule has 3 rings (SSSR count). The van der Waals surface area contributed by atoms with E-state index in [1.807, 2.05) is 0 Å². The summed E-state index contributed by atoms with van der Waals surface area (Å²) in [6, 6.07) is 4.92. The molecule has 1 N–H and O–H groups in total. The summed E-state index contributed by atoms with van der Waals surface area (Å²) in [6.07, 6.45) is 4.69. The van der Waals surface area contributed by atoms with Crippen molar-refractivity contribution in [2.75, 3.05) is 26.0 Å². The number of benzene rings is 1. The van der Waals surface area contributed by atoms with Crippen LogP contribution < -0.4 is 5.32 Å². The molecule has 7 nitrogen and oxygen atoms in total. The number of likely N-dealkylation sites (tertiary alicyclic amines) is 1. The van der Waals surface area contributed by atoms with E-state index in [0.717, 1.165) is 6.42 Å². The molecule has 25 heavy (non-hydrogen) atoms. The lowest BCUT2D eigenvalue weighted by molar-refractivity contribution is -0.132. The van der Waals surface area contributed by atoms with Crippen LogP contribution in [0.25, 0.3) is 5.69 Å². The van der Waals surface area contributed by atoms with Crippen molar-refractivity contribution < 1.29 is 14.0 Å². The maximum absolute atomic E-state index is 13.7. The second-order valence-corrected chi connectivity index (χ2v) is 6.13. The van der Waals surface area contributed by atoms with Gasteiger partial charge in [-0.05, 0) is 37.1 Å². The molecular formula is C17H20FN5O2. The number of nitrogens with zero attached hydrogens (tertiary/aromatic N) is 4. The fourth-order valence-electron chi connectivity index (χ4n) is 2.97. The Labute approximate surface area is 145 Å². The second-order valence-electron chi connectivity index (χ2n) is 6.13. The molecule has 0 spiro atoms. The van der Waals surface area contributed by atoms with Crippen LogP contribution in [0.2, 0.25) is 0 Å². The third-order valence-corrected chi connectivity index (χ3v) is 4.19. The summed E-state index contributed by atoms with van der Waals surface area (Å²) in [5.41, 5.74) is 0.853. The average Bonchev–Trinajstić information content (AvgIpc) is 3.25. The minimum atomic E-state index is -0.489. The summed E-state index contributed by atoms with van der Waals surface area (Å²) >= 11 is 0. The first kappa shape index (κ1) is 16.9. The van der Waals surface area contributed by atoms with Gasteiger partial charge in [0, 0.05) is 33.0 Å². The van der Waals surface area contributed by atoms with Crippen LogP contribution in [0, 0.1) is 5.82 Å². The Morgan fingerprint density at radius 1 is 1.36 bits per heavy atom. The quantitative estimate of drug-likeness (QED) is 0.926. The molecule has 1 fully saturated rings. The van der Waals surface area contributed by atoms with Crippen molar-refractivity contribution in [2.24, 2.45) is 0 Å². The van der Waals surface area contributed by atoms with Gasteiger partial charge in [0.1, 0.15) is 11.9 Å². The van der Waals surface area contributed by atoms with E-state index in [2.05, 4.69) is 10.4 Å². The van der Waals surface area contributed by atoms with Gasteiger partial charge >= 0.3 is 6.03 Å². The van der Waals surface area contributed by atoms with Crippen molar-refractivity contribution in [2.45, 2.75) is 18.9 Å². The predicted octanol–water partition coefficient (Wildman–Crippen LogP) is 2.10. The van der Waals surface area contributed by atoms with Crippen molar-refractivity contribution in [3.8, 4) is 5.69 Å². The van der Waals surface area contributed by atoms with Crippen LogP contribution >= 0.6 is 0 Å². The van der Waals surface area contributed by atoms with Gasteiger partial charge in [-0.25, -0.2) is 13.9 Å². The number of hydrogen-bond donors (Lipinski definition) is 1. The molecule has 0 radical (unpaired) electrons. The summed E-state index contributed by atoms with van der Waals surface area (Å²) in [7, 11) is 3.33. The van der Waals surface area contributed by atoms with Crippen LogP contribution in [0.1, 0.15) is 12.8 Å². The van der Waals surface area contributed by atoms with Gasteiger partial charge in [-0.1, -0.05) is 0 Å². The van der Waals surface area contributed by atoms with E-state index < -0.39 is 17.9 Å². The highest BCUT2D eigenvalue weighted by atomic mass is 19.1. The van der Waals surface area contributed by atoms with E-state index in [1.54, 1.807) is 43.3 Å². The van der Waals surface area contributed by atoms with Gasteiger partial charge in [-0.2, -0.15) is 5.10 Å². The highest BCUT2D eigenvalue weighted by molar-refractivity contribution is 5.95. The topological polar surface area (TPSA) is 70.5 Å². The van der Waals surface area contributed by atoms with Gasteiger partial charge in [-0.15, -0.1) is 0 Å². The van der Waals surface area contributed by atoms with E-state index >= 15 is 0 Å². The molecule has 132 valence electrons. The Bertz CT molecular complexity index is 775. The standard InChI is InChI=1S/C17H20FN5O2/c1-21(2)16(24)15-5-3-9-22(15)17(25)20-13-11-12(18)6-7-14(13)23-10-4-8-19-23/h4,6-8,10-11,15H,3,5,9H2,1-2H3,(H,20,25). The zero-order valence-electron chi connectivity index (χ0n) is 14.1. The van der Waals surface area contributed by atoms with Gasteiger partial charge in [0.15, 0.2) is 0 Å². The molecule has 0 bridgehead atoms. The number of carbonyl (C=O) groups is 2. The van der Waals surface area contributed by atoms with Crippen molar-refractivity contribution in [3.63, 3.8) is 0 Å². The van der Waals surface area contributed by atoms with Crippen LogP contribution in [-0.4, -0.2) is 58.2 Å².